The van der Waals surface area contributed by atoms with E-state index in [-0.39, 0.29) is 23.8 Å². The summed E-state index contributed by atoms with van der Waals surface area (Å²) >= 11 is 0. The fraction of sp³-hybridized carbons (Fsp3) is 0.800. The van der Waals surface area contributed by atoms with Gasteiger partial charge in [-0.05, 0) is 25.2 Å². The lowest BCUT2D eigenvalue weighted by Gasteiger charge is -2.29. The van der Waals surface area contributed by atoms with Gasteiger partial charge >= 0.3 is 0 Å². The third-order valence-corrected chi connectivity index (χ3v) is 3.83. The van der Waals surface area contributed by atoms with E-state index in [1.807, 2.05) is 20.8 Å². The van der Waals surface area contributed by atoms with E-state index in [9.17, 15) is 9.90 Å². The largest absolute Gasteiger partial charge is 0.388 e. The molecule has 0 aliphatic rings. The normalized spacial score (nSPS) is 18.1. The molecule has 0 radical (unpaired) electrons. The molecule has 0 aliphatic heterocycles. The summed E-state index contributed by atoms with van der Waals surface area (Å²) in [6.45, 7) is 14.2. The molecule has 106 valence electrons. The Morgan fingerprint density at radius 1 is 1.33 bits per heavy atom. The molecule has 0 fully saturated rings. The zero-order valence-corrected chi connectivity index (χ0v) is 12.9. The van der Waals surface area contributed by atoms with Crippen LogP contribution in [0.5, 0.6) is 0 Å². The van der Waals surface area contributed by atoms with Gasteiger partial charge in [0.1, 0.15) is 0 Å². The lowest BCUT2D eigenvalue weighted by molar-refractivity contribution is -0.118. The highest BCUT2D eigenvalue weighted by Gasteiger charge is 2.27. The molecule has 0 aromatic heterocycles. The summed E-state index contributed by atoms with van der Waals surface area (Å²) in [4.78, 5) is 11.8. The first-order chi connectivity index (χ1) is 8.00. The van der Waals surface area contributed by atoms with Crippen LogP contribution < -0.4 is 5.32 Å². The quantitative estimate of drug-likeness (QED) is 0.742. The van der Waals surface area contributed by atoms with Gasteiger partial charge in [-0.3, -0.25) is 4.79 Å². The van der Waals surface area contributed by atoms with E-state index in [0.29, 0.717) is 0 Å². The number of allylic oxidation sites excluding steroid dienone is 1. The van der Waals surface area contributed by atoms with E-state index in [4.69, 9.17) is 0 Å². The summed E-state index contributed by atoms with van der Waals surface area (Å²) in [5.74, 6) is 0.0245. The Morgan fingerprint density at radius 2 is 1.83 bits per heavy atom. The standard InChI is InChI=1S/C15H29NO2/c1-8-11(2)15(7,18)10-16-13(17)9-12(3)14(4,5)6/h9,11,18H,8,10H2,1-7H3,(H,16,17)/b12-9-. The van der Waals surface area contributed by atoms with Crippen LogP contribution in [0.2, 0.25) is 0 Å². The molecular formula is C15H29NO2. The molecule has 0 aromatic carbocycles. The van der Waals surface area contributed by atoms with Gasteiger partial charge in [0.25, 0.3) is 0 Å². The number of rotatable bonds is 5. The second-order valence-corrected chi connectivity index (χ2v) is 6.46. The monoisotopic (exact) mass is 255 g/mol. The van der Waals surface area contributed by atoms with Gasteiger partial charge in [0.2, 0.25) is 5.91 Å². The minimum Gasteiger partial charge on any atom is -0.388 e. The van der Waals surface area contributed by atoms with Gasteiger partial charge in [-0.15, -0.1) is 0 Å². The van der Waals surface area contributed by atoms with Crippen LogP contribution in [0.4, 0.5) is 0 Å². The van der Waals surface area contributed by atoms with Crippen molar-refractivity contribution in [1.82, 2.24) is 5.32 Å². The minimum absolute atomic E-state index is 0.00340. The van der Waals surface area contributed by atoms with Crippen molar-refractivity contribution in [3.63, 3.8) is 0 Å². The van der Waals surface area contributed by atoms with E-state index in [0.717, 1.165) is 12.0 Å². The molecule has 0 heterocycles. The van der Waals surface area contributed by atoms with Gasteiger partial charge in [0, 0.05) is 12.6 Å². The Kier molecular flexibility index (Phi) is 6.08. The van der Waals surface area contributed by atoms with E-state index < -0.39 is 5.60 Å². The Balaban J connectivity index is 4.45. The second kappa shape index (κ2) is 6.37. The maximum atomic E-state index is 11.8. The number of aliphatic hydroxyl groups is 1. The van der Waals surface area contributed by atoms with Gasteiger partial charge in [-0.25, -0.2) is 0 Å². The molecule has 0 saturated heterocycles. The van der Waals surface area contributed by atoms with Gasteiger partial charge < -0.3 is 10.4 Å². The summed E-state index contributed by atoms with van der Waals surface area (Å²) in [5, 5.41) is 13.0. The third kappa shape index (κ3) is 5.67. The molecule has 0 aliphatic carbocycles. The molecule has 2 unspecified atom stereocenters. The lowest BCUT2D eigenvalue weighted by Crippen LogP contribution is -2.44. The predicted octanol–water partition coefficient (Wildman–Crippen LogP) is 2.89. The number of nitrogens with one attached hydrogen (secondary N) is 1. The molecule has 0 saturated carbocycles. The van der Waals surface area contributed by atoms with Crippen molar-refractivity contribution in [1.29, 1.82) is 0 Å². The van der Waals surface area contributed by atoms with Crippen LogP contribution in [-0.2, 0) is 4.79 Å². The zero-order valence-electron chi connectivity index (χ0n) is 12.9. The molecule has 0 spiro atoms. The Morgan fingerprint density at radius 3 is 2.22 bits per heavy atom. The maximum Gasteiger partial charge on any atom is 0.244 e. The average molecular weight is 255 g/mol. The van der Waals surface area contributed by atoms with E-state index >= 15 is 0 Å². The molecule has 18 heavy (non-hydrogen) atoms. The van der Waals surface area contributed by atoms with Crippen LogP contribution in [-0.4, -0.2) is 23.2 Å². The number of carbonyl (C=O) groups excluding carboxylic acids is 1. The molecule has 3 heteroatoms. The second-order valence-electron chi connectivity index (χ2n) is 6.46. The van der Waals surface area contributed by atoms with Crippen LogP contribution in [0.3, 0.4) is 0 Å². The van der Waals surface area contributed by atoms with Crippen molar-refractivity contribution >= 4 is 5.91 Å². The Bertz CT molecular complexity index is 311. The summed E-state index contributed by atoms with van der Waals surface area (Å²) in [6, 6.07) is 0. The van der Waals surface area contributed by atoms with Gasteiger partial charge in [-0.2, -0.15) is 0 Å². The maximum absolute atomic E-state index is 11.8. The van der Waals surface area contributed by atoms with Crippen LogP contribution in [0.25, 0.3) is 0 Å². The SMILES string of the molecule is CCC(C)C(C)(O)CNC(=O)/C=C(/C)C(C)(C)C. The predicted molar refractivity (Wildman–Crippen MR) is 76.3 cm³/mol. The number of hydrogen-bond donors (Lipinski definition) is 2. The van der Waals surface area contributed by atoms with Crippen molar-refractivity contribution < 1.29 is 9.90 Å². The van der Waals surface area contributed by atoms with Crippen molar-refractivity contribution in [3.05, 3.63) is 11.6 Å². The highest BCUT2D eigenvalue weighted by Crippen LogP contribution is 2.24. The average Bonchev–Trinajstić information content (AvgIpc) is 2.24. The molecule has 0 aromatic rings. The highest BCUT2D eigenvalue weighted by atomic mass is 16.3. The number of amides is 1. The van der Waals surface area contributed by atoms with Crippen LogP contribution in [0, 0.1) is 11.3 Å². The van der Waals surface area contributed by atoms with E-state index in [1.165, 1.54) is 0 Å². The molecular weight excluding hydrogens is 226 g/mol. The van der Waals surface area contributed by atoms with E-state index in [2.05, 4.69) is 26.1 Å². The first-order valence-electron chi connectivity index (χ1n) is 6.69. The molecule has 2 atom stereocenters. The summed E-state index contributed by atoms with van der Waals surface area (Å²) in [5.41, 5.74) is 0.174. The smallest absolute Gasteiger partial charge is 0.244 e. The lowest BCUT2D eigenvalue weighted by atomic mass is 9.87. The summed E-state index contributed by atoms with van der Waals surface area (Å²) in [6.07, 6.45) is 2.51. The fourth-order valence-corrected chi connectivity index (χ4v) is 1.34. The van der Waals surface area contributed by atoms with Gasteiger partial charge in [0.05, 0.1) is 5.60 Å². The van der Waals surface area contributed by atoms with Crippen LogP contribution >= 0.6 is 0 Å². The van der Waals surface area contributed by atoms with Crippen LogP contribution in [0.15, 0.2) is 11.6 Å². The third-order valence-electron chi connectivity index (χ3n) is 3.83. The Hall–Kier alpha value is -0.830. The molecule has 0 bridgehead atoms. The summed E-state index contributed by atoms with van der Waals surface area (Å²) in [7, 11) is 0. The van der Waals surface area contributed by atoms with Crippen molar-refractivity contribution in [2.75, 3.05) is 6.54 Å². The van der Waals surface area contributed by atoms with Gasteiger partial charge in [0.15, 0.2) is 0 Å². The van der Waals surface area contributed by atoms with E-state index in [1.54, 1.807) is 13.0 Å². The summed E-state index contributed by atoms with van der Waals surface area (Å²) < 4.78 is 0. The Labute approximate surface area is 112 Å². The topological polar surface area (TPSA) is 49.3 Å². The molecule has 2 N–H and O–H groups in total. The first kappa shape index (κ1) is 17.2. The van der Waals surface area contributed by atoms with Crippen molar-refractivity contribution in [2.24, 2.45) is 11.3 Å². The van der Waals surface area contributed by atoms with Crippen molar-refractivity contribution in [2.45, 2.75) is 60.5 Å². The first-order valence-corrected chi connectivity index (χ1v) is 6.69. The van der Waals surface area contributed by atoms with Gasteiger partial charge in [-0.1, -0.05) is 46.6 Å². The molecule has 0 rings (SSSR count). The number of carbonyl (C=O) groups is 1. The van der Waals surface area contributed by atoms with Crippen LogP contribution in [0.1, 0.15) is 54.9 Å². The van der Waals surface area contributed by atoms with Crippen molar-refractivity contribution in [3.8, 4) is 0 Å². The zero-order chi connectivity index (χ0) is 14.6. The molecule has 3 nitrogen and oxygen atoms in total. The minimum atomic E-state index is -0.853. The fourth-order valence-electron chi connectivity index (χ4n) is 1.34. The number of hydrogen-bond acceptors (Lipinski definition) is 2. The molecule has 1 amide bonds. The highest BCUT2D eigenvalue weighted by molar-refractivity contribution is 5.88.